The second-order valence-corrected chi connectivity index (χ2v) is 7.54. The average Bonchev–Trinajstić information content (AvgIpc) is 3.50. The van der Waals surface area contributed by atoms with E-state index in [0.29, 0.717) is 36.3 Å². The van der Waals surface area contributed by atoms with Crippen LogP contribution in [0.1, 0.15) is 24.7 Å². The summed E-state index contributed by atoms with van der Waals surface area (Å²) in [6, 6.07) is 5.61. The lowest BCUT2D eigenvalue weighted by Gasteiger charge is -2.21. The number of guanidine groups is 1. The minimum Gasteiger partial charge on any atom is -0.357 e. The number of nitrogens with zero attached hydrogens (tertiary/aromatic N) is 7. The summed E-state index contributed by atoms with van der Waals surface area (Å²) in [7, 11) is 1.96. The lowest BCUT2D eigenvalue weighted by atomic mass is 10.0. The largest absolute Gasteiger partial charge is 0.357 e. The molecule has 9 heteroatoms. The van der Waals surface area contributed by atoms with Gasteiger partial charge in [0.05, 0.1) is 6.20 Å². The second-order valence-electron chi connectivity index (χ2n) is 7.54. The molecule has 3 aromatic rings. The Morgan fingerprint density at radius 1 is 1.37 bits per heavy atom. The first kappa shape index (κ1) is 20.1. The molecule has 0 aromatic carbocycles. The standard InChI is InChI=1S/C21H28N8O/c1-3-22-21(29-11-8-16(15-29)12-17-13-25-28(2)14-17)24-10-7-19-26-20(30-27-19)18-6-4-5-9-23-18/h4-6,9,13-14,16H,3,7-8,10-12,15H2,1-2H3,(H,22,24). The van der Waals surface area contributed by atoms with Crippen LogP contribution in [0.25, 0.3) is 11.6 Å². The molecule has 0 saturated carbocycles. The summed E-state index contributed by atoms with van der Waals surface area (Å²) in [5.41, 5.74) is 1.98. The van der Waals surface area contributed by atoms with Crippen LogP contribution >= 0.6 is 0 Å². The molecule has 1 aliphatic heterocycles. The van der Waals surface area contributed by atoms with Crippen LogP contribution < -0.4 is 5.32 Å². The van der Waals surface area contributed by atoms with Gasteiger partial charge >= 0.3 is 0 Å². The van der Waals surface area contributed by atoms with Crippen LogP contribution in [0.15, 0.2) is 46.3 Å². The molecule has 158 valence electrons. The molecule has 0 radical (unpaired) electrons. The number of rotatable bonds is 7. The zero-order valence-electron chi connectivity index (χ0n) is 17.5. The van der Waals surface area contributed by atoms with Gasteiger partial charge in [-0.1, -0.05) is 11.2 Å². The Morgan fingerprint density at radius 2 is 2.30 bits per heavy atom. The molecule has 1 unspecified atom stereocenters. The van der Waals surface area contributed by atoms with Crippen molar-refractivity contribution in [3.05, 3.63) is 48.2 Å². The maximum atomic E-state index is 5.32. The van der Waals surface area contributed by atoms with Crippen molar-refractivity contribution in [2.75, 3.05) is 26.2 Å². The van der Waals surface area contributed by atoms with Crippen LogP contribution in [0.5, 0.6) is 0 Å². The van der Waals surface area contributed by atoms with Crippen LogP contribution in [0.3, 0.4) is 0 Å². The zero-order valence-corrected chi connectivity index (χ0v) is 17.5. The Labute approximate surface area is 176 Å². The summed E-state index contributed by atoms with van der Waals surface area (Å²) in [4.78, 5) is 15.8. The Bertz CT molecular complexity index is 964. The van der Waals surface area contributed by atoms with Crippen LogP contribution in [-0.2, 0) is 19.9 Å². The minimum atomic E-state index is 0.444. The van der Waals surface area contributed by atoms with Gasteiger partial charge in [-0.15, -0.1) is 0 Å². The first-order chi connectivity index (χ1) is 14.7. The molecule has 1 aliphatic rings. The average molecular weight is 409 g/mol. The number of hydrogen-bond donors (Lipinski definition) is 1. The predicted octanol–water partition coefficient (Wildman–Crippen LogP) is 1.94. The topological polar surface area (TPSA) is 97.3 Å². The Kier molecular flexibility index (Phi) is 6.36. The molecule has 3 aromatic heterocycles. The summed E-state index contributed by atoms with van der Waals surface area (Å²) < 4.78 is 7.19. The van der Waals surface area contributed by atoms with Gasteiger partial charge in [0.15, 0.2) is 11.8 Å². The maximum absolute atomic E-state index is 5.32. The monoisotopic (exact) mass is 408 g/mol. The molecule has 30 heavy (non-hydrogen) atoms. The highest BCUT2D eigenvalue weighted by Crippen LogP contribution is 2.21. The number of nitrogens with one attached hydrogen (secondary N) is 1. The van der Waals surface area contributed by atoms with Gasteiger partial charge in [0.1, 0.15) is 5.69 Å². The van der Waals surface area contributed by atoms with Crippen LogP contribution in [-0.4, -0.2) is 61.9 Å². The van der Waals surface area contributed by atoms with Crippen molar-refractivity contribution in [1.29, 1.82) is 0 Å². The quantitative estimate of drug-likeness (QED) is 0.471. The van der Waals surface area contributed by atoms with Gasteiger partial charge in [0.25, 0.3) is 5.89 Å². The lowest BCUT2D eigenvalue weighted by molar-refractivity contribution is 0.421. The second kappa shape index (κ2) is 9.51. The number of likely N-dealkylation sites (tertiary alicyclic amines) is 1. The van der Waals surface area contributed by atoms with Crippen molar-refractivity contribution in [3.8, 4) is 11.6 Å². The zero-order chi connectivity index (χ0) is 20.8. The molecule has 1 saturated heterocycles. The van der Waals surface area contributed by atoms with E-state index in [1.165, 1.54) is 5.56 Å². The molecule has 1 fully saturated rings. The fourth-order valence-electron chi connectivity index (χ4n) is 3.74. The smallest absolute Gasteiger partial charge is 0.276 e. The van der Waals surface area contributed by atoms with E-state index < -0.39 is 0 Å². The van der Waals surface area contributed by atoms with Gasteiger partial charge < -0.3 is 14.7 Å². The van der Waals surface area contributed by atoms with E-state index in [2.05, 4.69) is 43.6 Å². The molecule has 9 nitrogen and oxygen atoms in total. The maximum Gasteiger partial charge on any atom is 0.276 e. The van der Waals surface area contributed by atoms with Gasteiger partial charge in [-0.2, -0.15) is 10.1 Å². The van der Waals surface area contributed by atoms with E-state index in [1.807, 2.05) is 36.1 Å². The fraction of sp³-hybridized carbons (Fsp3) is 0.476. The number of hydrogen-bond acceptors (Lipinski definition) is 6. The summed E-state index contributed by atoms with van der Waals surface area (Å²) in [6.07, 6.45) is 8.63. The van der Waals surface area contributed by atoms with E-state index in [-0.39, 0.29) is 0 Å². The van der Waals surface area contributed by atoms with E-state index in [0.717, 1.165) is 38.4 Å². The highest BCUT2D eigenvalue weighted by Gasteiger charge is 2.25. The number of aromatic nitrogens is 5. The summed E-state index contributed by atoms with van der Waals surface area (Å²) in [5.74, 6) is 2.67. The van der Waals surface area contributed by atoms with Crippen LogP contribution in [0.2, 0.25) is 0 Å². The molecular weight excluding hydrogens is 380 g/mol. The highest BCUT2D eigenvalue weighted by molar-refractivity contribution is 5.80. The molecule has 0 bridgehead atoms. The Balaban J connectivity index is 1.32. The van der Waals surface area contributed by atoms with Crippen LogP contribution in [0, 0.1) is 5.92 Å². The summed E-state index contributed by atoms with van der Waals surface area (Å²) >= 11 is 0. The third-order valence-electron chi connectivity index (χ3n) is 5.15. The van der Waals surface area contributed by atoms with E-state index in [9.17, 15) is 0 Å². The summed E-state index contributed by atoms with van der Waals surface area (Å²) in [5, 5.41) is 11.7. The molecule has 1 N–H and O–H groups in total. The van der Waals surface area contributed by atoms with Gasteiger partial charge in [-0.25, -0.2) is 0 Å². The van der Waals surface area contributed by atoms with Crippen molar-refractivity contribution >= 4 is 5.96 Å². The molecule has 1 atom stereocenters. The predicted molar refractivity (Wildman–Crippen MR) is 114 cm³/mol. The van der Waals surface area contributed by atoms with Gasteiger partial charge in [0, 0.05) is 52.0 Å². The molecule has 0 amide bonds. The van der Waals surface area contributed by atoms with Crippen molar-refractivity contribution < 1.29 is 4.52 Å². The summed E-state index contributed by atoms with van der Waals surface area (Å²) in [6.45, 7) is 5.56. The van der Waals surface area contributed by atoms with Crippen molar-refractivity contribution in [2.24, 2.45) is 18.0 Å². The number of aryl methyl sites for hydroxylation is 1. The van der Waals surface area contributed by atoms with Crippen molar-refractivity contribution in [1.82, 2.24) is 35.1 Å². The van der Waals surface area contributed by atoms with Crippen molar-refractivity contribution in [2.45, 2.75) is 26.2 Å². The molecular formula is C21H28N8O. The van der Waals surface area contributed by atoms with Crippen LogP contribution in [0.4, 0.5) is 0 Å². The molecule has 0 aliphatic carbocycles. The first-order valence-corrected chi connectivity index (χ1v) is 10.5. The molecule has 0 spiro atoms. The lowest BCUT2D eigenvalue weighted by Crippen LogP contribution is -2.40. The van der Waals surface area contributed by atoms with Gasteiger partial charge in [-0.3, -0.25) is 14.7 Å². The minimum absolute atomic E-state index is 0.444. The third kappa shape index (κ3) is 5.03. The SMILES string of the molecule is CCNC(=NCCc1noc(-c2ccccn2)n1)N1CCC(Cc2cnn(C)c2)C1. The normalized spacial score (nSPS) is 16.9. The molecule has 4 rings (SSSR count). The van der Waals surface area contributed by atoms with E-state index >= 15 is 0 Å². The van der Waals surface area contributed by atoms with Crippen molar-refractivity contribution in [3.63, 3.8) is 0 Å². The Hall–Kier alpha value is -3.23. The van der Waals surface area contributed by atoms with E-state index in [1.54, 1.807) is 6.20 Å². The fourth-order valence-corrected chi connectivity index (χ4v) is 3.74. The van der Waals surface area contributed by atoms with Gasteiger partial charge in [-0.05, 0) is 43.4 Å². The van der Waals surface area contributed by atoms with E-state index in [4.69, 9.17) is 9.52 Å². The molecule has 4 heterocycles. The number of pyridine rings is 1. The van der Waals surface area contributed by atoms with Gasteiger partial charge in [0.2, 0.25) is 0 Å². The first-order valence-electron chi connectivity index (χ1n) is 10.5. The highest BCUT2D eigenvalue weighted by atomic mass is 16.5. The number of aliphatic imine (C=N–C) groups is 1. The Morgan fingerprint density at radius 3 is 3.07 bits per heavy atom. The third-order valence-corrected chi connectivity index (χ3v) is 5.15.